The number of carboxylic acid groups (broad SMARTS) is 1. The maximum atomic E-state index is 11.5. The van der Waals surface area contributed by atoms with Crippen molar-refractivity contribution in [2.45, 2.75) is 70.8 Å². The third kappa shape index (κ3) is 6.21. The lowest BCUT2D eigenvalue weighted by molar-refractivity contribution is -0.255. The van der Waals surface area contributed by atoms with Gasteiger partial charge in [-0.25, -0.2) is 0 Å². The predicted molar refractivity (Wildman–Crippen MR) is 155 cm³/mol. The lowest BCUT2D eigenvalue weighted by Crippen LogP contribution is -2.66. The summed E-state index contributed by atoms with van der Waals surface area (Å²) < 4.78 is 13.2. The molecule has 0 aromatic heterocycles. The topological polar surface area (TPSA) is 58.6 Å². The molecule has 4 nitrogen and oxygen atoms in total. The molecule has 3 aromatic carbocycles. The third-order valence-corrected chi connectivity index (χ3v) is 13.3. The fourth-order valence-electron chi connectivity index (χ4n) is 6.25. The van der Waals surface area contributed by atoms with Crippen LogP contribution in [-0.4, -0.2) is 27.5 Å². The Hall–Kier alpha value is -2.89. The van der Waals surface area contributed by atoms with Crippen LogP contribution in [0.1, 0.15) is 76.1 Å². The van der Waals surface area contributed by atoms with Crippen LogP contribution in [0.4, 0.5) is 0 Å². The number of carbonyl (C=O) groups is 1. The fraction of sp³-hybridized carbons (Fsp3) is 0.424. The van der Waals surface area contributed by atoms with Crippen molar-refractivity contribution in [2.75, 3.05) is 13.2 Å². The van der Waals surface area contributed by atoms with E-state index in [2.05, 4.69) is 81.4 Å². The van der Waals surface area contributed by atoms with E-state index in [9.17, 15) is 9.90 Å². The number of benzene rings is 3. The molecule has 0 unspecified atom stereocenters. The number of para-hydroxylation sites is 1. The lowest BCUT2D eigenvalue weighted by Gasteiger charge is -2.44. The minimum absolute atomic E-state index is 0.0485. The van der Waals surface area contributed by atoms with Crippen molar-refractivity contribution in [3.8, 4) is 5.75 Å². The number of carbonyl (C=O) groups excluding carboxylic acids is 1. The monoisotopic (exact) mass is 529 g/mol. The number of aromatic carboxylic acids is 1. The molecule has 0 N–H and O–H groups in total. The molecule has 0 spiro atoms. The molecular weight excluding hydrogens is 488 g/mol. The Morgan fingerprint density at radius 2 is 1.32 bits per heavy atom. The van der Waals surface area contributed by atoms with Crippen LogP contribution in [0.25, 0.3) is 0 Å². The van der Waals surface area contributed by atoms with Crippen molar-refractivity contribution in [1.82, 2.24) is 0 Å². The SMILES string of the molecule is CC(C)(C)[Si](OCCC1(CCOc2ccccc2C(=O)[O-])CCCCC1)(c1ccccc1)c1ccccc1. The highest BCUT2D eigenvalue weighted by Crippen LogP contribution is 2.44. The van der Waals surface area contributed by atoms with E-state index in [0.717, 1.165) is 25.7 Å². The van der Waals surface area contributed by atoms with E-state index in [4.69, 9.17) is 9.16 Å². The zero-order valence-electron chi connectivity index (χ0n) is 23.1. The first kappa shape index (κ1) is 28.1. The van der Waals surface area contributed by atoms with Crippen molar-refractivity contribution in [2.24, 2.45) is 5.41 Å². The first-order valence-corrected chi connectivity index (χ1v) is 15.9. The summed E-state index contributed by atoms with van der Waals surface area (Å²) in [6.45, 7) is 8.14. The second kappa shape index (κ2) is 12.3. The van der Waals surface area contributed by atoms with Gasteiger partial charge in [0, 0.05) is 12.2 Å². The van der Waals surface area contributed by atoms with Gasteiger partial charge in [-0.05, 0) is 58.6 Å². The average Bonchev–Trinajstić information content (AvgIpc) is 2.92. The van der Waals surface area contributed by atoms with Crippen LogP contribution in [0, 0.1) is 5.41 Å². The smallest absolute Gasteiger partial charge is 0.261 e. The van der Waals surface area contributed by atoms with Gasteiger partial charge in [-0.15, -0.1) is 0 Å². The van der Waals surface area contributed by atoms with Gasteiger partial charge in [0.1, 0.15) is 5.75 Å². The third-order valence-electron chi connectivity index (χ3n) is 8.28. The molecule has 0 amide bonds. The Bertz CT molecular complexity index is 1120. The maximum Gasteiger partial charge on any atom is 0.261 e. The van der Waals surface area contributed by atoms with Gasteiger partial charge < -0.3 is 19.1 Å². The quantitative estimate of drug-likeness (QED) is 0.297. The van der Waals surface area contributed by atoms with Crippen LogP contribution in [-0.2, 0) is 4.43 Å². The minimum Gasteiger partial charge on any atom is -0.545 e. The normalized spacial score (nSPS) is 15.7. The summed E-state index contributed by atoms with van der Waals surface area (Å²) in [5.41, 5.74) is 0.250. The molecule has 38 heavy (non-hydrogen) atoms. The van der Waals surface area contributed by atoms with Crippen molar-refractivity contribution in [1.29, 1.82) is 0 Å². The lowest BCUT2D eigenvalue weighted by atomic mass is 9.70. The molecule has 5 heteroatoms. The molecule has 0 bridgehead atoms. The molecule has 4 rings (SSSR count). The number of ether oxygens (including phenoxy) is 1. The Morgan fingerprint density at radius 3 is 1.87 bits per heavy atom. The summed E-state index contributed by atoms with van der Waals surface area (Å²) in [7, 11) is -2.57. The molecule has 1 aliphatic rings. The molecule has 0 heterocycles. The fourth-order valence-corrected chi connectivity index (χ4v) is 10.8. The standard InChI is InChI=1S/C33H42O4Si/c1-32(2,3)38(27-15-7-4-8-16-27,28-17-9-5-10-18-28)37-26-24-33(21-13-6-14-22-33)23-25-36-30-20-12-11-19-29(30)31(34)35/h4-5,7-12,15-20H,6,13-14,21-26H2,1-3H3,(H,34,35)/p-1. The van der Waals surface area contributed by atoms with E-state index in [1.807, 2.05) is 0 Å². The number of rotatable bonds is 11. The van der Waals surface area contributed by atoms with E-state index < -0.39 is 14.3 Å². The molecule has 3 aromatic rings. The van der Waals surface area contributed by atoms with E-state index in [1.54, 1.807) is 24.3 Å². The second-order valence-electron chi connectivity index (χ2n) is 11.7. The van der Waals surface area contributed by atoms with E-state index in [0.29, 0.717) is 19.0 Å². The Morgan fingerprint density at radius 1 is 0.789 bits per heavy atom. The molecule has 1 fully saturated rings. The van der Waals surface area contributed by atoms with E-state index >= 15 is 0 Å². The van der Waals surface area contributed by atoms with Gasteiger partial charge in [0.25, 0.3) is 8.32 Å². The first-order chi connectivity index (χ1) is 18.3. The maximum absolute atomic E-state index is 11.5. The van der Waals surface area contributed by atoms with Gasteiger partial charge in [0.05, 0.1) is 12.6 Å². The Labute approximate surface area is 229 Å². The predicted octanol–water partition coefficient (Wildman–Crippen LogP) is 5.74. The Balaban J connectivity index is 1.54. The molecule has 1 saturated carbocycles. The highest BCUT2D eigenvalue weighted by atomic mass is 28.4. The molecule has 1 aliphatic carbocycles. The highest BCUT2D eigenvalue weighted by molar-refractivity contribution is 6.99. The van der Waals surface area contributed by atoms with Crippen LogP contribution < -0.4 is 20.2 Å². The van der Waals surface area contributed by atoms with Gasteiger partial charge in [0.15, 0.2) is 0 Å². The van der Waals surface area contributed by atoms with Crippen molar-refractivity contribution in [3.63, 3.8) is 0 Å². The van der Waals surface area contributed by atoms with Crippen LogP contribution in [0.2, 0.25) is 5.04 Å². The van der Waals surface area contributed by atoms with Gasteiger partial charge in [0.2, 0.25) is 0 Å². The summed E-state index contributed by atoms with van der Waals surface area (Å²) in [5.74, 6) is -0.811. The first-order valence-electron chi connectivity index (χ1n) is 14.0. The summed E-state index contributed by atoms with van der Waals surface area (Å²) in [4.78, 5) is 11.5. The van der Waals surface area contributed by atoms with Gasteiger partial charge in [-0.1, -0.05) is 113 Å². The van der Waals surface area contributed by atoms with E-state index in [-0.39, 0.29) is 16.0 Å². The average molecular weight is 530 g/mol. The highest BCUT2D eigenvalue weighted by Gasteiger charge is 2.50. The summed E-state index contributed by atoms with van der Waals surface area (Å²) in [5, 5.41) is 14.1. The second-order valence-corrected chi connectivity index (χ2v) is 16.0. The molecule has 0 radical (unpaired) electrons. The van der Waals surface area contributed by atoms with Crippen molar-refractivity contribution < 1.29 is 19.1 Å². The summed E-state index contributed by atoms with van der Waals surface area (Å²) >= 11 is 0. The summed E-state index contributed by atoms with van der Waals surface area (Å²) in [6, 6.07) is 28.4. The van der Waals surface area contributed by atoms with Crippen molar-refractivity contribution >= 4 is 24.7 Å². The van der Waals surface area contributed by atoms with Crippen LogP contribution in [0.5, 0.6) is 5.75 Å². The minimum atomic E-state index is -2.57. The molecule has 202 valence electrons. The van der Waals surface area contributed by atoms with Crippen molar-refractivity contribution in [3.05, 3.63) is 90.5 Å². The molecule has 0 atom stereocenters. The number of hydrogen-bond donors (Lipinski definition) is 0. The molecular formula is C33H41O4Si-. The summed E-state index contributed by atoms with van der Waals surface area (Å²) in [6.07, 6.45) is 7.88. The van der Waals surface area contributed by atoms with Gasteiger partial charge in [-0.2, -0.15) is 0 Å². The van der Waals surface area contributed by atoms with Gasteiger partial charge >= 0.3 is 0 Å². The Kier molecular flexibility index (Phi) is 9.11. The van der Waals surface area contributed by atoms with Crippen LogP contribution in [0.15, 0.2) is 84.9 Å². The zero-order chi connectivity index (χ0) is 27.1. The van der Waals surface area contributed by atoms with Gasteiger partial charge in [-0.3, -0.25) is 0 Å². The molecule has 0 aliphatic heterocycles. The number of carboxylic acids is 1. The largest absolute Gasteiger partial charge is 0.545 e. The van der Waals surface area contributed by atoms with E-state index in [1.165, 1.54) is 29.6 Å². The molecule has 0 saturated heterocycles. The van der Waals surface area contributed by atoms with Crippen LogP contribution in [0.3, 0.4) is 0 Å². The number of hydrogen-bond acceptors (Lipinski definition) is 4. The zero-order valence-corrected chi connectivity index (χ0v) is 24.1. The van der Waals surface area contributed by atoms with Crippen LogP contribution >= 0.6 is 0 Å².